The third-order valence-electron chi connectivity index (χ3n) is 11.3. The van der Waals surface area contributed by atoms with E-state index in [-0.39, 0.29) is 34.8 Å². The van der Waals surface area contributed by atoms with E-state index >= 15 is 0 Å². The summed E-state index contributed by atoms with van der Waals surface area (Å²) in [6, 6.07) is 0. The number of aliphatic hydroxyl groups excluding tert-OH is 1. The average molecular weight is 667 g/mol. The van der Waals surface area contributed by atoms with Crippen LogP contribution in [0.1, 0.15) is 134 Å². The number of ether oxygens (including phenoxy) is 2. The van der Waals surface area contributed by atoms with E-state index in [2.05, 4.69) is 97.1 Å². The quantitative estimate of drug-likeness (QED) is 0.0595. The van der Waals surface area contributed by atoms with Crippen molar-refractivity contribution in [3.05, 3.63) is 59.8 Å². The summed E-state index contributed by atoms with van der Waals surface area (Å²) in [7, 11) is 0. The number of hydrogen-bond donors (Lipinski definition) is 2. The fraction of sp³-hybridized carbons (Fsp3) is 0.714. The number of rotatable bonds is 15. The van der Waals surface area contributed by atoms with Crippen LogP contribution in [-0.4, -0.2) is 51.0 Å². The van der Waals surface area contributed by atoms with Crippen LogP contribution in [0.15, 0.2) is 59.8 Å². The molecule has 2 saturated carbocycles. The molecule has 270 valence electrons. The molecule has 1 saturated heterocycles. The molecule has 3 unspecified atom stereocenters. The molecule has 0 amide bonds. The molecule has 3 fully saturated rings. The van der Waals surface area contributed by atoms with E-state index in [0.717, 1.165) is 43.3 Å². The van der Waals surface area contributed by atoms with E-state index in [9.17, 15) is 19.8 Å². The Morgan fingerprint density at radius 2 is 1.60 bits per heavy atom. The van der Waals surface area contributed by atoms with E-state index in [1.807, 2.05) is 20.8 Å². The Morgan fingerprint density at radius 1 is 0.938 bits per heavy atom. The molecule has 0 bridgehead atoms. The molecule has 2 aliphatic carbocycles. The summed E-state index contributed by atoms with van der Waals surface area (Å²) in [6.45, 7) is 22.4. The van der Waals surface area contributed by atoms with Crippen molar-refractivity contribution in [1.29, 1.82) is 0 Å². The highest BCUT2D eigenvalue weighted by molar-refractivity contribution is 5.96. The van der Waals surface area contributed by atoms with Crippen molar-refractivity contribution in [3.63, 3.8) is 0 Å². The number of carbonyl (C=O) groups is 2. The highest BCUT2D eigenvalue weighted by Gasteiger charge is 2.76. The van der Waals surface area contributed by atoms with Crippen LogP contribution in [-0.2, 0) is 19.1 Å². The largest absolute Gasteiger partial charge is 0.462 e. The summed E-state index contributed by atoms with van der Waals surface area (Å²) in [4.78, 5) is 24.6. The van der Waals surface area contributed by atoms with Crippen molar-refractivity contribution >= 4 is 11.8 Å². The van der Waals surface area contributed by atoms with Gasteiger partial charge in [0.2, 0.25) is 0 Å². The molecule has 1 heterocycles. The number of carbonyl (C=O) groups excluding carboxylic acids is 2. The lowest BCUT2D eigenvalue weighted by Crippen LogP contribution is -2.48. The molecule has 8 atom stereocenters. The van der Waals surface area contributed by atoms with Crippen LogP contribution in [0.2, 0.25) is 0 Å². The Hall–Kier alpha value is -2.28. The number of fused-ring (bicyclic) bond motifs is 1. The van der Waals surface area contributed by atoms with Crippen LogP contribution in [0.4, 0.5) is 0 Å². The van der Waals surface area contributed by atoms with Crippen LogP contribution in [0.25, 0.3) is 0 Å². The van der Waals surface area contributed by atoms with Gasteiger partial charge in [-0.1, -0.05) is 97.1 Å². The first-order valence-corrected chi connectivity index (χ1v) is 18.3. The molecule has 0 spiro atoms. The highest BCUT2D eigenvalue weighted by atomic mass is 16.6. The number of aliphatic hydroxyl groups is 2. The second kappa shape index (κ2) is 15.7. The smallest absolute Gasteiger partial charge is 0.302 e. The summed E-state index contributed by atoms with van der Waals surface area (Å²) < 4.78 is 11.7. The topological polar surface area (TPSA) is 96.4 Å². The first kappa shape index (κ1) is 40.2. The van der Waals surface area contributed by atoms with E-state index in [0.29, 0.717) is 43.4 Å². The molecule has 1 aliphatic heterocycles. The summed E-state index contributed by atoms with van der Waals surface area (Å²) >= 11 is 0. The molecular formula is C42H66O6. The van der Waals surface area contributed by atoms with Gasteiger partial charge in [-0.15, -0.1) is 0 Å². The third-order valence-corrected chi connectivity index (χ3v) is 11.3. The third kappa shape index (κ3) is 10.1. The zero-order valence-corrected chi connectivity index (χ0v) is 31.9. The summed E-state index contributed by atoms with van der Waals surface area (Å²) in [5, 5.41) is 21.5. The molecule has 3 rings (SSSR count). The van der Waals surface area contributed by atoms with Crippen molar-refractivity contribution < 1.29 is 29.3 Å². The fourth-order valence-corrected chi connectivity index (χ4v) is 8.64. The second-order valence-corrected chi connectivity index (χ2v) is 17.2. The average Bonchev–Trinajstić information content (AvgIpc) is 3.53. The van der Waals surface area contributed by atoms with Gasteiger partial charge >= 0.3 is 5.97 Å². The predicted molar refractivity (Wildman–Crippen MR) is 195 cm³/mol. The van der Waals surface area contributed by atoms with Crippen LogP contribution in [0.5, 0.6) is 0 Å². The first-order valence-electron chi connectivity index (χ1n) is 18.3. The number of epoxide rings is 1. The number of ketones is 1. The van der Waals surface area contributed by atoms with E-state index in [4.69, 9.17) is 9.47 Å². The molecular weight excluding hydrogens is 600 g/mol. The van der Waals surface area contributed by atoms with Gasteiger partial charge in [-0.2, -0.15) is 0 Å². The van der Waals surface area contributed by atoms with Gasteiger partial charge in [0.25, 0.3) is 0 Å². The summed E-state index contributed by atoms with van der Waals surface area (Å²) in [6.07, 6.45) is 23.4. The molecule has 2 N–H and O–H groups in total. The zero-order valence-electron chi connectivity index (χ0n) is 31.9. The Kier molecular flexibility index (Phi) is 13.2. The Bertz CT molecular complexity index is 1270. The number of allylic oxidation sites excluding steroid dienone is 9. The standard InChI is InChI=1S/C42H66O6/c1-29(18-14-19-31(3)22-23-37-38(6,7)26-35(47-33(5)43)27-40(37,10)46)16-12-13-17-30(2)20-15-21-32(4)36(45)28-42-39(8,9)24-34(44)25-41(42,11)48-42/h12-14,16-18,21,23,29-31,34-35,44,46H,15,19-20,22,24-28H2,1-11H3/b16-12+,17-13+,18-14+,32-21+,37-23?/t29?,30?,31?,34-,35-,40+,41+,42-/m0/s1. The molecule has 3 aliphatic rings. The molecule has 0 aromatic heterocycles. The van der Waals surface area contributed by atoms with Gasteiger partial charge < -0.3 is 19.7 Å². The normalized spacial score (nSPS) is 34.4. The van der Waals surface area contributed by atoms with Crippen molar-refractivity contribution in [1.82, 2.24) is 0 Å². The van der Waals surface area contributed by atoms with E-state index < -0.39 is 16.8 Å². The van der Waals surface area contributed by atoms with Gasteiger partial charge in [-0.25, -0.2) is 0 Å². The maximum absolute atomic E-state index is 13.1. The summed E-state index contributed by atoms with van der Waals surface area (Å²) in [5.41, 5.74) is -0.461. The highest BCUT2D eigenvalue weighted by Crippen LogP contribution is 2.67. The van der Waals surface area contributed by atoms with Gasteiger partial charge in [-0.3, -0.25) is 9.59 Å². The number of hydrogen-bond acceptors (Lipinski definition) is 6. The van der Waals surface area contributed by atoms with E-state index in [1.165, 1.54) is 6.92 Å². The Morgan fingerprint density at radius 3 is 2.23 bits per heavy atom. The number of esters is 1. The summed E-state index contributed by atoms with van der Waals surface area (Å²) in [5.74, 6) is 1.05. The Labute approximate surface area is 291 Å². The SMILES string of the molecule is CC(=O)O[C@H]1CC(C)(C)C(=CCC(C)C/C=C/C(C)/C=C/C=C/C(C)CC/C=C(\C)C(=O)C[C@@]23O[C@]2(C)C[C@@H](O)CC3(C)C)[C@](C)(O)C1. The minimum atomic E-state index is -0.983. The van der Waals surface area contributed by atoms with Crippen LogP contribution < -0.4 is 0 Å². The lowest BCUT2D eigenvalue weighted by Gasteiger charge is -2.46. The van der Waals surface area contributed by atoms with Crippen LogP contribution in [0.3, 0.4) is 0 Å². The Balaban J connectivity index is 1.39. The predicted octanol–water partition coefficient (Wildman–Crippen LogP) is 9.17. The zero-order chi connectivity index (χ0) is 36.1. The van der Waals surface area contributed by atoms with Gasteiger partial charge in [-0.05, 0) is 99.0 Å². The molecule has 6 heteroatoms. The lowest BCUT2D eigenvalue weighted by atomic mass is 9.61. The van der Waals surface area contributed by atoms with Gasteiger partial charge in [0.05, 0.1) is 17.3 Å². The number of Topliss-reactive ketones (excluding diaryl/α,β-unsaturated/α-hetero) is 1. The maximum Gasteiger partial charge on any atom is 0.302 e. The second-order valence-electron chi connectivity index (χ2n) is 17.2. The van der Waals surface area contributed by atoms with Crippen molar-refractivity contribution in [2.24, 2.45) is 28.6 Å². The molecule has 6 nitrogen and oxygen atoms in total. The van der Waals surface area contributed by atoms with Crippen molar-refractivity contribution in [3.8, 4) is 0 Å². The monoisotopic (exact) mass is 666 g/mol. The van der Waals surface area contributed by atoms with Crippen LogP contribution >= 0.6 is 0 Å². The lowest BCUT2D eigenvalue weighted by molar-refractivity contribution is -0.152. The van der Waals surface area contributed by atoms with E-state index in [1.54, 1.807) is 0 Å². The fourth-order valence-electron chi connectivity index (χ4n) is 8.64. The van der Waals surface area contributed by atoms with Gasteiger partial charge in [0.15, 0.2) is 5.78 Å². The minimum Gasteiger partial charge on any atom is -0.462 e. The first-order chi connectivity index (χ1) is 22.1. The molecule has 0 aromatic rings. The molecule has 0 aromatic carbocycles. The molecule has 48 heavy (non-hydrogen) atoms. The molecule has 0 radical (unpaired) electrons. The minimum absolute atomic E-state index is 0.153. The van der Waals surface area contributed by atoms with Gasteiger partial charge in [0.1, 0.15) is 11.7 Å². The van der Waals surface area contributed by atoms with Crippen molar-refractivity contribution in [2.45, 2.75) is 163 Å². The van der Waals surface area contributed by atoms with Crippen LogP contribution in [0, 0.1) is 28.6 Å². The maximum atomic E-state index is 13.1. The van der Waals surface area contributed by atoms with Gasteiger partial charge in [0, 0.05) is 26.2 Å². The van der Waals surface area contributed by atoms with Crippen molar-refractivity contribution in [2.75, 3.05) is 0 Å².